The Morgan fingerprint density at radius 3 is 2.44 bits per heavy atom. The molecular formula is C24H29F2N5O. The third-order valence-electron chi connectivity index (χ3n) is 6.73. The third-order valence-corrected chi connectivity index (χ3v) is 6.73. The average Bonchev–Trinajstić information content (AvgIpc) is 3.47. The number of fused-ring (bicyclic) bond motifs is 3. The van der Waals surface area contributed by atoms with E-state index in [0.717, 1.165) is 37.1 Å². The van der Waals surface area contributed by atoms with Crippen molar-refractivity contribution in [3.05, 3.63) is 41.7 Å². The van der Waals surface area contributed by atoms with Gasteiger partial charge in [-0.05, 0) is 70.4 Å². The van der Waals surface area contributed by atoms with Crippen molar-refractivity contribution in [3.8, 4) is 0 Å². The van der Waals surface area contributed by atoms with Gasteiger partial charge in [0.1, 0.15) is 11.5 Å². The predicted octanol–water partition coefficient (Wildman–Crippen LogP) is 5.00. The van der Waals surface area contributed by atoms with E-state index in [-0.39, 0.29) is 35.1 Å². The maximum Gasteiger partial charge on any atom is 0.223 e. The smallest absolute Gasteiger partial charge is 0.223 e. The molecule has 0 bridgehead atoms. The number of nitrogens with one attached hydrogen (secondary N) is 2. The van der Waals surface area contributed by atoms with Crippen LogP contribution in [0.1, 0.15) is 58.1 Å². The molecule has 3 atom stereocenters. The largest absolute Gasteiger partial charge is 0.393 e. The number of halogens is 2. The number of aliphatic hydroxyl groups excluding tert-OH is 1. The molecule has 0 amide bonds. The van der Waals surface area contributed by atoms with Crippen LogP contribution in [0.3, 0.4) is 0 Å². The molecule has 3 N–H and O–H groups in total. The lowest BCUT2D eigenvalue weighted by atomic mass is 9.83. The Bertz CT molecular complexity index is 1040. The first-order valence-corrected chi connectivity index (χ1v) is 11.3. The summed E-state index contributed by atoms with van der Waals surface area (Å²) < 4.78 is 28.6. The number of benzene rings is 1. The van der Waals surface area contributed by atoms with Gasteiger partial charge in [-0.1, -0.05) is 6.07 Å². The second-order valence-electron chi connectivity index (χ2n) is 10.3. The number of para-hydroxylation sites is 1. The summed E-state index contributed by atoms with van der Waals surface area (Å²) in [4.78, 5) is 13.7. The van der Waals surface area contributed by atoms with E-state index >= 15 is 0 Å². The molecule has 0 spiro atoms. The van der Waals surface area contributed by atoms with Gasteiger partial charge in [0.2, 0.25) is 5.95 Å². The number of amidine groups is 1. The molecule has 1 aliphatic heterocycles. The van der Waals surface area contributed by atoms with Gasteiger partial charge in [0.15, 0.2) is 11.6 Å². The zero-order valence-electron chi connectivity index (χ0n) is 18.6. The molecule has 5 rings (SSSR count). The first-order chi connectivity index (χ1) is 15.2. The molecule has 2 heterocycles. The van der Waals surface area contributed by atoms with E-state index in [1.165, 1.54) is 18.2 Å². The van der Waals surface area contributed by atoms with E-state index < -0.39 is 11.6 Å². The van der Waals surface area contributed by atoms with E-state index in [9.17, 15) is 13.9 Å². The van der Waals surface area contributed by atoms with Crippen LogP contribution < -0.4 is 10.6 Å². The molecular weight excluding hydrogens is 412 g/mol. The quantitative estimate of drug-likeness (QED) is 0.624. The van der Waals surface area contributed by atoms with Crippen molar-refractivity contribution in [2.45, 2.75) is 64.0 Å². The summed E-state index contributed by atoms with van der Waals surface area (Å²) in [5.74, 6) is 0.641. The molecule has 0 radical (unpaired) electrons. The van der Waals surface area contributed by atoms with Crippen LogP contribution in [0, 0.1) is 29.4 Å². The number of hydrogen-bond acceptors (Lipinski definition) is 5. The summed E-state index contributed by atoms with van der Waals surface area (Å²) in [6.45, 7) is 6.16. The molecule has 1 aromatic carbocycles. The number of aliphatic imine (C=N–C) groups is 1. The minimum atomic E-state index is -0.680. The standard InChI is InChI=1S/C24H29F2N5O/c1-24(2,3)31-23-27-11-16-21(30-23)18-17(12-7-9-13(32)10-8-12)19(18)22(28-16)29-20-14(25)5-4-6-15(20)26/h4-6,11-13,17-19,32H,7-10H2,1-3H3,(H,28,29)(H,27,30,31). The third kappa shape index (κ3) is 3.96. The fourth-order valence-corrected chi connectivity index (χ4v) is 5.29. The minimum absolute atomic E-state index is 0.0270. The van der Waals surface area contributed by atoms with Crippen LogP contribution in [-0.2, 0) is 0 Å². The first-order valence-electron chi connectivity index (χ1n) is 11.3. The van der Waals surface area contributed by atoms with Crippen molar-refractivity contribution < 1.29 is 13.9 Å². The Morgan fingerprint density at radius 2 is 1.78 bits per heavy atom. The average molecular weight is 442 g/mol. The summed E-state index contributed by atoms with van der Waals surface area (Å²) in [6, 6.07) is 3.78. The lowest BCUT2D eigenvalue weighted by Crippen LogP contribution is -2.28. The van der Waals surface area contributed by atoms with Crippen LogP contribution in [0.4, 0.5) is 26.1 Å². The maximum atomic E-state index is 14.3. The molecule has 2 saturated carbocycles. The van der Waals surface area contributed by atoms with Crippen LogP contribution >= 0.6 is 0 Å². The Labute approximate surface area is 186 Å². The monoisotopic (exact) mass is 441 g/mol. The van der Waals surface area contributed by atoms with E-state index in [1.807, 2.05) is 0 Å². The van der Waals surface area contributed by atoms with Gasteiger partial charge in [-0.3, -0.25) is 0 Å². The predicted molar refractivity (Wildman–Crippen MR) is 120 cm³/mol. The molecule has 32 heavy (non-hydrogen) atoms. The normalized spacial score (nSPS) is 30.3. The fourth-order valence-electron chi connectivity index (χ4n) is 5.29. The lowest BCUT2D eigenvalue weighted by Gasteiger charge is -2.25. The molecule has 6 nitrogen and oxygen atoms in total. The van der Waals surface area contributed by atoms with Crippen LogP contribution in [-0.4, -0.2) is 32.6 Å². The van der Waals surface area contributed by atoms with Crippen LogP contribution in [0.2, 0.25) is 0 Å². The second kappa shape index (κ2) is 7.76. The topological polar surface area (TPSA) is 82.4 Å². The van der Waals surface area contributed by atoms with Gasteiger partial charge in [-0.2, -0.15) is 0 Å². The van der Waals surface area contributed by atoms with E-state index in [1.54, 1.807) is 6.20 Å². The minimum Gasteiger partial charge on any atom is -0.393 e. The SMILES string of the molecule is CC(C)(C)Nc1ncc2c(n1)C1C(C(=Nc3c(F)cccc3F)N2)C1C1CCC(O)CC1. The highest BCUT2D eigenvalue weighted by Crippen LogP contribution is 2.64. The van der Waals surface area contributed by atoms with E-state index in [4.69, 9.17) is 4.98 Å². The Balaban J connectivity index is 1.52. The number of aromatic nitrogens is 2. The molecule has 170 valence electrons. The molecule has 3 aliphatic rings. The highest BCUT2D eigenvalue weighted by atomic mass is 19.1. The summed E-state index contributed by atoms with van der Waals surface area (Å²) in [6.07, 6.45) is 4.94. The van der Waals surface area contributed by atoms with Crippen LogP contribution in [0.25, 0.3) is 0 Å². The Kier molecular flexibility index (Phi) is 5.15. The number of aliphatic hydroxyl groups is 1. The van der Waals surface area contributed by atoms with E-state index in [0.29, 0.717) is 17.7 Å². The second-order valence-corrected chi connectivity index (χ2v) is 10.3. The van der Waals surface area contributed by atoms with E-state index in [2.05, 4.69) is 41.4 Å². The summed E-state index contributed by atoms with van der Waals surface area (Å²) in [7, 11) is 0. The van der Waals surface area contributed by atoms with Crippen LogP contribution in [0.5, 0.6) is 0 Å². The molecule has 0 saturated heterocycles. The Morgan fingerprint density at radius 1 is 1.09 bits per heavy atom. The summed E-state index contributed by atoms with van der Waals surface area (Å²) in [5, 5.41) is 16.5. The van der Waals surface area contributed by atoms with Crippen molar-refractivity contribution in [2.24, 2.45) is 22.7 Å². The number of anilines is 2. The van der Waals surface area contributed by atoms with Gasteiger partial charge in [0.05, 0.1) is 23.7 Å². The van der Waals surface area contributed by atoms with Gasteiger partial charge in [0.25, 0.3) is 0 Å². The van der Waals surface area contributed by atoms with Gasteiger partial charge in [-0.25, -0.2) is 23.7 Å². The van der Waals surface area contributed by atoms with Crippen molar-refractivity contribution in [1.29, 1.82) is 0 Å². The zero-order valence-corrected chi connectivity index (χ0v) is 18.6. The number of rotatable bonds is 3. The first kappa shape index (κ1) is 21.2. The van der Waals surface area contributed by atoms with Gasteiger partial charge < -0.3 is 15.7 Å². The number of nitrogens with zero attached hydrogens (tertiary/aromatic N) is 3. The van der Waals surface area contributed by atoms with Crippen molar-refractivity contribution in [3.63, 3.8) is 0 Å². The molecule has 1 aromatic heterocycles. The van der Waals surface area contributed by atoms with Gasteiger partial charge in [0, 0.05) is 17.4 Å². The van der Waals surface area contributed by atoms with Gasteiger partial charge >= 0.3 is 0 Å². The van der Waals surface area contributed by atoms with Crippen molar-refractivity contribution in [1.82, 2.24) is 9.97 Å². The highest BCUT2D eigenvalue weighted by molar-refractivity contribution is 6.04. The molecule has 2 aromatic rings. The lowest BCUT2D eigenvalue weighted by molar-refractivity contribution is 0.102. The Hall–Kier alpha value is -2.61. The van der Waals surface area contributed by atoms with Gasteiger partial charge in [-0.15, -0.1) is 0 Å². The summed E-state index contributed by atoms with van der Waals surface area (Å²) >= 11 is 0. The fraction of sp³-hybridized carbons (Fsp3) is 0.542. The molecule has 2 fully saturated rings. The number of hydrogen-bond donors (Lipinski definition) is 3. The molecule has 2 aliphatic carbocycles. The highest BCUT2D eigenvalue weighted by Gasteiger charge is 2.61. The summed E-state index contributed by atoms with van der Waals surface area (Å²) in [5.41, 5.74) is 1.22. The van der Waals surface area contributed by atoms with Crippen molar-refractivity contribution in [2.75, 3.05) is 10.6 Å². The molecule has 3 unspecified atom stereocenters. The zero-order chi connectivity index (χ0) is 22.6. The molecule has 8 heteroatoms. The maximum absolute atomic E-state index is 14.3. The van der Waals surface area contributed by atoms with Crippen LogP contribution in [0.15, 0.2) is 29.4 Å². The van der Waals surface area contributed by atoms with Crippen molar-refractivity contribution >= 4 is 23.2 Å².